The van der Waals surface area contributed by atoms with Crippen LogP contribution in [0.2, 0.25) is 0 Å². The van der Waals surface area contributed by atoms with E-state index in [-0.39, 0.29) is 5.69 Å². The number of nitro groups is 1. The minimum Gasteiger partial charge on any atom is -0.361 e. The van der Waals surface area contributed by atoms with Crippen LogP contribution in [0.3, 0.4) is 0 Å². The van der Waals surface area contributed by atoms with Gasteiger partial charge < -0.3 is 10.2 Å². The first kappa shape index (κ1) is 19.6. The summed E-state index contributed by atoms with van der Waals surface area (Å²) in [5, 5.41) is 14.4. The number of nitrogens with one attached hydrogen (secondary N) is 1. The predicted molar refractivity (Wildman–Crippen MR) is 113 cm³/mol. The van der Waals surface area contributed by atoms with Gasteiger partial charge in [-0.1, -0.05) is 38.1 Å². The Bertz CT molecular complexity index is 858. The number of aromatic nitrogens is 2. The minimum absolute atomic E-state index is 0.0517. The molecule has 154 valence electrons. The number of hydrogen-bond acceptors (Lipinski definition) is 7. The van der Waals surface area contributed by atoms with E-state index in [9.17, 15) is 10.1 Å². The zero-order valence-corrected chi connectivity index (χ0v) is 17.0. The van der Waals surface area contributed by atoms with E-state index < -0.39 is 4.92 Å². The molecule has 1 aromatic carbocycles. The van der Waals surface area contributed by atoms with Gasteiger partial charge in [0.1, 0.15) is 6.20 Å². The summed E-state index contributed by atoms with van der Waals surface area (Å²) < 4.78 is 0. The molecule has 0 unspecified atom stereocenters. The van der Waals surface area contributed by atoms with Gasteiger partial charge in [0.15, 0.2) is 0 Å². The maximum absolute atomic E-state index is 11.3. The Morgan fingerprint density at radius 3 is 2.45 bits per heavy atom. The van der Waals surface area contributed by atoms with E-state index in [2.05, 4.69) is 63.2 Å². The number of anilines is 2. The van der Waals surface area contributed by atoms with E-state index in [0.29, 0.717) is 23.7 Å². The highest BCUT2D eigenvalue weighted by Gasteiger charge is 2.28. The molecule has 8 heteroatoms. The summed E-state index contributed by atoms with van der Waals surface area (Å²) in [6, 6.07) is 9.17. The van der Waals surface area contributed by atoms with Crippen LogP contribution >= 0.6 is 0 Å². The summed E-state index contributed by atoms with van der Waals surface area (Å²) in [5.74, 6) is 1.46. The van der Waals surface area contributed by atoms with Crippen molar-refractivity contribution < 1.29 is 4.92 Å². The molecule has 1 aliphatic carbocycles. The number of nitrogens with zero attached hydrogens (tertiary/aromatic N) is 5. The molecule has 0 spiro atoms. The first-order valence-corrected chi connectivity index (χ1v) is 10.3. The third-order valence-corrected chi connectivity index (χ3v) is 5.58. The summed E-state index contributed by atoms with van der Waals surface area (Å²) in [7, 11) is 0. The Labute approximate surface area is 171 Å². The summed E-state index contributed by atoms with van der Waals surface area (Å²) in [6.45, 7) is 8.80. The molecule has 0 amide bonds. The lowest BCUT2D eigenvalue weighted by molar-refractivity contribution is -0.384. The van der Waals surface area contributed by atoms with Crippen LogP contribution in [-0.4, -0.2) is 52.0 Å². The van der Waals surface area contributed by atoms with Crippen molar-refractivity contribution in [1.29, 1.82) is 0 Å². The minimum atomic E-state index is -0.420. The Morgan fingerprint density at radius 1 is 1.17 bits per heavy atom. The molecule has 1 saturated carbocycles. The van der Waals surface area contributed by atoms with Crippen molar-refractivity contribution in [2.45, 2.75) is 45.2 Å². The van der Waals surface area contributed by atoms with Crippen LogP contribution in [0, 0.1) is 10.1 Å². The highest BCUT2D eigenvalue weighted by molar-refractivity contribution is 5.58. The van der Waals surface area contributed by atoms with Crippen molar-refractivity contribution in [3.05, 3.63) is 51.7 Å². The largest absolute Gasteiger partial charge is 0.361 e. The summed E-state index contributed by atoms with van der Waals surface area (Å²) in [4.78, 5) is 24.1. The third-order valence-electron chi connectivity index (χ3n) is 5.58. The van der Waals surface area contributed by atoms with Gasteiger partial charge in [-0.25, -0.2) is 4.98 Å². The van der Waals surface area contributed by atoms with E-state index in [1.54, 1.807) is 0 Å². The summed E-state index contributed by atoms with van der Waals surface area (Å²) in [6.07, 6.45) is 3.40. The van der Waals surface area contributed by atoms with E-state index in [1.165, 1.54) is 17.3 Å². The molecule has 0 bridgehead atoms. The van der Waals surface area contributed by atoms with Crippen LogP contribution in [0.5, 0.6) is 0 Å². The molecule has 1 aliphatic heterocycles. The Morgan fingerprint density at radius 2 is 1.86 bits per heavy atom. The molecule has 2 aliphatic rings. The highest BCUT2D eigenvalue weighted by Crippen LogP contribution is 2.30. The zero-order chi connectivity index (χ0) is 20.4. The van der Waals surface area contributed by atoms with E-state index in [0.717, 1.165) is 45.6 Å². The fraction of sp³-hybridized carbons (Fsp3) is 0.524. The molecule has 0 atom stereocenters. The molecule has 1 N–H and O–H groups in total. The van der Waals surface area contributed by atoms with Crippen molar-refractivity contribution in [2.75, 3.05) is 36.4 Å². The van der Waals surface area contributed by atoms with Gasteiger partial charge >= 0.3 is 5.69 Å². The monoisotopic (exact) mass is 396 g/mol. The van der Waals surface area contributed by atoms with Crippen LogP contribution < -0.4 is 10.2 Å². The number of rotatable bonds is 7. The molecule has 0 radical (unpaired) electrons. The smallest absolute Gasteiger partial charge is 0.329 e. The van der Waals surface area contributed by atoms with Crippen LogP contribution in [0.4, 0.5) is 17.5 Å². The Balaban J connectivity index is 1.37. The zero-order valence-electron chi connectivity index (χ0n) is 17.0. The lowest BCUT2D eigenvalue weighted by atomic mass is 10.0. The maximum Gasteiger partial charge on any atom is 0.329 e. The van der Waals surface area contributed by atoms with Crippen LogP contribution in [0.15, 0.2) is 30.5 Å². The maximum atomic E-state index is 11.3. The molecule has 2 heterocycles. The first-order chi connectivity index (χ1) is 14.0. The van der Waals surface area contributed by atoms with E-state index >= 15 is 0 Å². The highest BCUT2D eigenvalue weighted by atomic mass is 16.6. The predicted octanol–water partition coefficient (Wildman–Crippen LogP) is 3.40. The van der Waals surface area contributed by atoms with Gasteiger partial charge in [-0.2, -0.15) is 4.98 Å². The molecule has 2 aromatic rings. The molecular weight excluding hydrogens is 368 g/mol. The molecule has 29 heavy (non-hydrogen) atoms. The second kappa shape index (κ2) is 8.32. The van der Waals surface area contributed by atoms with E-state index in [1.807, 2.05) is 0 Å². The van der Waals surface area contributed by atoms with Crippen molar-refractivity contribution in [3.63, 3.8) is 0 Å². The summed E-state index contributed by atoms with van der Waals surface area (Å²) >= 11 is 0. The number of piperazine rings is 1. The SMILES string of the molecule is CC(C)c1ccc(CN2CCN(c3ncc([N+](=O)[O-])c(NC4CC4)n3)CC2)cc1. The van der Waals surface area contributed by atoms with Crippen LogP contribution in [0.1, 0.15) is 43.7 Å². The third kappa shape index (κ3) is 4.82. The van der Waals surface area contributed by atoms with Gasteiger partial charge in [-0.15, -0.1) is 0 Å². The molecule has 4 rings (SSSR count). The van der Waals surface area contributed by atoms with Gasteiger partial charge in [0.05, 0.1) is 4.92 Å². The fourth-order valence-electron chi connectivity index (χ4n) is 3.55. The van der Waals surface area contributed by atoms with Gasteiger partial charge in [-0.3, -0.25) is 15.0 Å². The number of benzene rings is 1. The summed E-state index contributed by atoms with van der Waals surface area (Å²) in [5.41, 5.74) is 2.64. The van der Waals surface area contributed by atoms with Gasteiger partial charge in [0.2, 0.25) is 11.8 Å². The van der Waals surface area contributed by atoms with Gasteiger partial charge in [0.25, 0.3) is 0 Å². The molecule has 1 aromatic heterocycles. The lowest BCUT2D eigenvalue weighted by Crippen LogP contribution is -2.46. The Kier molecular flexibility index (Phi) is 5.62. The van der Waals surface area contributed by atoms with Crippen molar-refractivity contribution in [3.8, 4) is 0 Å². The van der Waals surface area contributed by atoms with Gasteiger partial charge in [-0.05, 0) is 29.9 Å². The normalized spacial score (nSPS) is 17.6. The average Bonchev–Trinajstić information content (AvgIpc) is 3.53. The lowest BCUT2D eigenvalue weighted by Gasteiger charge is -2.34. The Hall–Kier alpha value is -2.74. The second-order valence-electron chi connectivity index (χ2n) is 8.24. The van der Waals surface area contributed by atoms with Gasteiger partial charge in [0, 0.05) is 38.8 Å². The number of hydrogen-bond donors (Lipinski definition) is 1. The quantitative estimate of drug-likeness (QED) is 0.567. The van der Waals surface area contributed by atoms with E-state index in [4.69, 9.17) is 0 Å². The fourth-order valence-corrected chi connectivity index (χ4v) is 3.55. The molecular formula is C21H28N6O2. The molecule has 8 nitrogen and oxygen atoms in total. The second-order valence-corrected chi connectivity index (χ2v) is 8.24. The first-order valence-electron chi connectivity index (χ1n) is 10.3. The standard InChI is InChI=1S/C21H28N6O2/c1-15(2)17-5-3-16(4-6-17)14-25-9-11-26(12-10-25)21-22-13-19(27(28)29)20(24-21)23-18-7-8-18/h3-6,13,15,18H,7-12,14H2,1-2H3,(H,22,23,24). The van der Waals surface area contributed by atoms with Crippen LogP contribution in [0.25, 0.3) is 0 Å². The van der Waals surface area contributed by atoms with Crippen LogP contribution in [-0.2, 0) is 6.54 Å². The average molecular weight is 396 g/mol. The van der Waals surface area contributed by atoms with Crippen molar-refractivity contribution in [1.82, 2.24) is 14.9 Å². The van der Waals surface area contributed by atoms with Crippen molar-refractivity contribution in [2.24, 2.45) is 0 Å². The van der Waals surface area contributed by atoms with Crippen molar-refractivity contribution >= 4 is 17.5 Å². The topological polar surface area (TPSA) is 87.4 Å². The molecule has 2 fully saturated rings. The molecule has 1 saturated heterocycles.